The second-order valence-corrected chi connectivity index (χ2v) is 15.0. The molecular formula is C39H45N9O8S. The lowest BCUT2D eigenvalue weighted by atomic mass is 9.96. The van der Waals surface area contributed by atoms with Crippen molar-refractivity contribution in [1.82, 2.24) is 39.6 Å². The summed E-state index contributed by atoms with van der Waals surface area (Å²) in [5.41, 5.74) is 1.38. The van der Waals surface area contributed by atoms with Crippen molar-refractivity contribution in [2.24, 2.45) is 7.05 Å². The molecule has 17 nitrogen and oxygen atoms in total. The molecule has 4 aromatic heterocycles. The number of anilines is 1. The summed E-state index contributed by atoms with van der Waals surface area (Å²) in [6, 6.07) is 9.32. The summed E-state index contributed by atoms with van der Waals surface area (Å²) >= 11 is 1.59. The van der Waals surface area contributed by atoms with Gasteiger partial charge in [0.05, 0.1) is 47.9 Å². The molecule has 57 heavy (non-hydrogen) atoms. The third-order valence-electron chi connectivity index (χ3n) is 10.1. The van der Waals surface area contributed by atoms with Crippen molar-refractivity contribution in [1.29, 1.82) is 0 Å². The van der Waals surface area contributed by atoms with Crippen molar-refractivity contribution in [2.45, 2.75) is 44.2 Å². The summed E-state index contributed by atoms with van der Waals surface area (Å²) in [6.45, 7) is 5.09. The topological polar surface area (TPSA) is 207 Å². The van der Waals surface area contributed by atoms with Crippen molar-refractivity contribution >= 4 is 40.0 Å². The molecule has 2 aliphatic heterocycles. The molecule has 0 aliphatic carbocycles. The highest BCUT2D eigenvalue weighted by atomic mass is 32.1. The molecule has 5 aromatic rings. The van der Waals surface area contributed by atoms with Crippen LogP contribution in [0.3, 0.4) is 0 Å². The molecule has 0 radical (unpaired) electrons. The van der Waals surface area contributed by atoms with Crippen molar-refractivity contribution in [3.05, 3.63) is 102 Å². The van der Waals surface area contributed by atoms with Crippen LogP contribution in [0.25, 0.3) is 21.5 Å². The van der Waals surface area contributed by atoms with E-state index in [1.54, 1.807) is 17.4 Å². The Hall–Kier alpha value is -5.56. The number of nitrogens with zero attached hydrogens (tertiary/aromatic N) is 6. The Kier molecular flexibility index (Phi) is 12.9. The van der Waals surface area contributed by atoms with E-state index in [1.165, 1.54) is 34.7 Å². The number of benzene rings is 1. The number of ether oxygens (including phenoxy) is 2. The van der Waals surface area contributed by atoms with E-state index >= 15 is 0 Å². The molecule has 0 bridgehead atoms. The summed E-state index contributed by atoms with van der Waals surface area (Å²) < 4.78 is 17.1. The Morgan fingerprint density at radius 2 is 1.77 bits per heavy atom. The number of aromatic amines is 1. The largest absolute Gasteiger partial charge is 0.422 e. The molecule has 2 amide bonds. The van der Waals surface area contributed by atoms with Crippen molar-refractivity contribution in [2.75, 3.05) is 64.5 Å². The first-order chi connectivity index (χ1) is 27.7. The Morgan fingerprint density at radius 1 is 0.982 bits per heavy atom. The summed E-state index contributed by atoms with van der Waals surface area (Å²) in [4.78, 5) is 84.2. The molecule has 2 fully saturated rings. The van der Waals surface area contributed by atoms with Crippen LogP contribution in [0.4, 0.5) is 5.95 Å². The van der Waals surface area contributed by atoms with Crippen LogP contribution < -0.4 is 27.6 Å². The Bertz CT molecular complexity index is 2350. The number of amides is 2. The van der Waals surface area contributed by atoms with Gasteiger partial charge in [-0.15, -0.1) is 11.3 Å². The highest BCUT2D eigenvalue weighted by molar-refractivity contribution is 7.13. The molecule has 18 heteroatoms. The van der Waals surface area contributed by atoms with Crippen LogP contribution in [0.2, 0.25) is 0 Å². The summed E-state index contributed by atoms with van der Waals surface area (Å²) in [5.74, 6) is -0.0390. The van der Waals surface area contributed by atoms with Crippen LogP contribution in [0.5, 0.6) is 0 Å². The molecular weight excluding hydrogens is 755 g/mol. The second-order valence-electron chi connectivity index (χ2n) is 14.0. The SMILES string of the molecule is Cn1c(=O)oc(=O)c2ccc(C(=O)N3CCC[C@H]3C(=O)NCCOCCOCCNc3ncc(CN4CCCC(c5nc(=O)cc(-c6cccs6)[nH]5)C4)cn3)cc21. The number of carbonyl (C=O) groups excluding carboxylic acids is 2. The van der Waals surface area contributed by atoms with Gasteiger partial charge in [-0.05, 0) is 61.9 Å². The van der Waals surface area contributed by atoms with E-state index in [0.717, 1.165) is 47.9 Å². The normalized spacial score (nSPS) is 17.2. The minimum Gasteiger partial charge on any atom is -0.377 e. The number of carbonyl (C=O) groups is 2. The van der Waals surface area contributed by atoms with E-state index in [-0.39, 0.29) is 52.9 Å². The predicted molar refractivity (Wildman–Crippen MR) is 212 cm³/mol. The van der Waals surface area contributed by atoms with E-state index in [9.17, 15) is 24.0 Å². The van der Waals surface area contributed by atoms with Gasteiger partial charge in [0.25, 0.3) is 11.5 Å². The van der Waals surface area contributed by atoms with Gasteiger partial charge >= 0.3 is 11.4 Å². The van der Waals surface area contributed by atoms with Gasteiger partial charge in [0.1, 0.15) is 11.9 Å². The molecule has 1 unspecified atom stereocenters. The fourth-order valence-corrected chi connectivity index (χ4v) is 7.93. The van der Waals surface area contributed by atoms with Crippen LogP contribution in [0.1, 0.15) is 53.3 Å². The lowest BCUT2D eigenvalue weighted by Crippen LogP contribution is -2.46. The molecule has 1 aromatic carbocycles. The fourth-order valence-electron chi connectivity index (χ4n) is 7.23. The third kappa shape index (κ3) is 9.88. The Balaban J connectivity index is 0.760. The van der Waals surface area contributed by atoms with E-state index in [2.05, 4.69) is 39.9 Å². The highest BCUT2D eigenvalue weighted by Gasteiger charge is 2.34. The Labute approximate surface area is 331 Å². The zero-order chi connectivity index (χ0) is 39.7. The number of aryl methyl sites for hydroxylation is 1. The summed E-state index contributed by atoms with van der Waals surface area (Å²) in [6.07, 6.45) is 6.83. The number of rotatable bonds is 16. The summed E-state index contributed by atoms with van der Waals surface area (Å²) in [7, 11) is 1.46. The monoisotopic (exact) mass is 799 g/mol. The maximum atomic E-state index is 13.4. The lowest BCUT2D eigenvalue weighted by Gasteiger charge is -2.32. The molecule has 3 N–H and O–H groups in total. The van der Waals surface area contributed by atoms with Gasteiger partial charge in [-0.2, -0.15) is 4.98 Å². The first kappa shape index (κ1) is 39.7. The zero-order valence-electron chi connectivity index (χ0n) is 31.6. The standard InChI is InChI=1S/C39H45N9O8S/c1-46-31-19-26(8-9-28(31)37(52)56-39(46)53)36(51)48-13-3-6-30(48)35(50)40-10-14-54-16-17-55-15-11-41-38-42-21-25(22-43-38)23-47-12-2-5-27(24-47)34-44-29(20-33(49)45-34)32-7-4-18-57-32/h4,7-9,18-22,27,30H,2-3,5-6,10-17,23-24H2,1H3,(H,40,50)(H,41,42,43)(H,44,45,49)/t27?,30-/m0/s1. The van der Waals surface area contributed by atoms with Gasteiger partial charge in [0.15, 0.2) is 0 Å². The molecule has 0 saturated carbocycles. The number of aromatic nitrogens is 5. The Morgan fingerprint density at radius 3 is 2.56 bits per heavy atom. The average molecular weight is 800 g/mol. The third-order valence-corrected chi connectivity index (χ3v) is 11.0. The number of thiophene rings is 1. The van der Waals surface area contributed by atoms with Crippen LogP contribution in [-0.2, 0) is 27.9 Å². The van der Waals surface area contributed by atoms with Gasteiger partial charge in [0.2, 0.25) is 11.9 Å². The maximum Gasteiger partial charge on any atom is 0.422 e. The van der Waals surface area contributed by atoms with Gasteiger partial charge < -0.3 is 34.4 Å². The molecule has 2 saturated heterocycles. The number of nitrogens with one attached hydrogen (secondary N) is 3. The van der Waals surface area contributed by atoms with Crippen molar-refractivity contribution in [3.8, 4) is 10.6 Å². The first-order valence-corrected chi connectivity index (χ1v) is 19.9. The van der Waals surface area contributed by atoms with E-state index in [4.69, 9.17) is 9.47 Å². The lowest BCUT2D eigenvalue weighted by molar-refractivity contribution is -0.125. The van der Waals surface area contributed by atoms with Crippen molar-refractivity contribution in [3.63, 3.8) is 0 Å². The highest BCUT2D eigenvalue weighted by Crippen LogP contribution is 2.28. The van der Waals surface area contributed by atoms with E-state index in [0.29, 0.717) is 58.2 Å². The fraction of sp³-hybridized carbons (Fsp3) is 0.436. The van der Waals surface area contributed by atoms with Gasteiger partial charge in [-0.25, -0.2) is 19.6 Å². The van der Waals surface area contributed by atoms with Gasteiger partial charge in [-0.1, -0.05) is 6.07 Å². The van der Waals surface area contributed by atoms with E-state index in [1.807, 2.05) is 29.9 Å². The van der Waals surface area contributed by atoms with Crippen LogP contribution >= 0.6 is 11.3 Å². The predicted octanol–water partition coefficient (Wildman–Crippen LogP) is 2.34. The van der Waals surface area contributed by atoms with Crippen molar-refractivity contribution < 1.29 is 23.5 Å². The summed E-state index contributed by atoms with van der Waals surface area (Å²) in [5, 5.41) is 8.20. The smallest absolute Gasteiger partial charge is 0.377 e. The quantitative estimate of drug-likeness (QED) is 0.123. The van der Waals surface area contributed by atoms with Crippen LogP contribution in [0, 0.1) is 0 Å². The number of hydrogen-bond donors (Lipinski definition) is 3. The van der Waals surface area contributed by atoms with E-state index < -0.39 is 17.4 Å². The minimum absolute atomic E-state index is 0.144. The maximum absolute atomic E-state index is 13.4. The number of piperidine rings is 1. The van der Waals surface area contributed by atoms with Crippen LogP contribution in [0.15, 0.2) is 73.0 Å². The zero-order valence-corrected chi connectivity index (χ0v) is 32.4. The molecule has 6 heterocycles. The number of hydrogen-bond acceptors (Lipinski definition) is 14. The second kappa shape index (κ2) is 18.6. The van der Waals surface area contributed by atoms with Gasteiger partial charge in [0, 0.05) is 75.3 Å². The number of likely N-dealkylation sites (tertiary alicyclic amines) is 2. The molecule has 0 spiro atoms. The molecule has 7 rings (SSSR count). The number of H-pyrrole nitrogens is 1. The molecule has 2 atom stereocenters. The first-order valence-electron chi connectivity index (χ1n) is 19.0. The van der Waals surface area contributed by atoms with Gasteiger partial charge in [-0.3, -0.25) is 23.9 Å². The number of fused-ring (bicyclic) bond motifs is 1. The van der Waals surface area contributed by atoms with Crippen LogP contribution in [-0.4, -0.2) is 111 Å². The molecule has 300 valence electrons. The molecule has 2 aliphatic rings. The minimum atomic E-state index is -0.818. The average Bonchev–Trinajstić information content (AvgIpc) is 3.95.